The highest BCUT2D eigenvalue weighted by molar-refractivity contribution is 5.59. The Labute approximate surface area is 170 Å². The van der Waals surface area contributed by atoms with E-state index in [4.69, 9.17) is 0 Å². The van der Waals surface area contributed by atoms with Gasteiger partial charge in [0.15, 0.2) is 11.6 Å². The minimum Gasteiger partial charge on any atom is -0.349 e. The normalized spacial score (nSPS) is 12.0. The number of nitrogens with zero attached hydrogens (tertiary/aromatic N) is 5. The molecule has 2 N–H and O–H groups in total. The first-order valence-electron chi connectivity index (χ1n) is 8.89. The van der Waals surface area contributed by atoms with E-state index in [1.165, 1.54) is 18.2 Å². The Balaban J connectivity index is 2.06. The van der Waals surface area contributed by atoms with Crippen LogP contribution < -0.4 is 10.6 Å². The quantitative estimate of drug-likeness (QED) is 0.588. The highest BCUT2D eigenvalue weighted by atomic mass is 19.4. The maximum atomic E-state index is 14.3. The van der Waals surface area contributed by atoms with E-state index in [1.807, 2.05) is 20.8 Å². The van der Waals surface area contributed by atoms with Crippen molar-refractivity contribution in [1.82, 2.24) is 24.9 Å². The molecule has 3 aromatic rings. The second kappa shape index (κ2) is 7.81. The minimum absolute atomic E-state index is 0.0638. The molecule has 158 valence electrons. The van der Waals surface area contributed by atoms with Gasteiger partial charge in [-0.1, -0.05) is 0 Å². The molecule has 3 rings (SSSR count). The standard InChI is InChI=1S/C19H19F4N7/c1-10-5-6-12(20)14(25-10)15-27-16(29-17(28-15)30-18(2,3)4)26-11-7-8-24-13(9-11)19(21,22)23/h5-9H,1-4H3,(H2,24,26,27,28,29,30). The molecule has 11 heteroatoms. The van der Waals surface area contributed by atoms with Gasteiger partial charge in [0.25, 0.3) is 0 Å². The fourth-order valence-electron chi connectivity index (χ4n) is 2.42. The van der Waals surface area contributed by atoms with Crippen LogP contribution in [0, 0.1) is 12.7 Å². The van der Waals surface area contributed by atoms with Crippen LogP contribution >= 0.6 is 0 Å². The molecule has 0 aliphatic heterocycles. The number of pyridine rings is 2. The summed E-state index contributed by atoms with van der Waals surface area (Å²) in [6.07, 6.45) is -3.58. The zero-order chi connectivity index (χ0) is 22.1. The fraction of sp³-hybridized carbons (Fsp3) is 0.316. The van der Waals surface area contributed by atoms with Gasteiger partial charge in [-0.2, -0.15) is 28.1 Å². The molecular formula is C19H19F4N7. The van der Waals surface area contributed by atoms with Crippen LogP contribution in [-0.4, -0.2) is 30.5 Å². The number of hydrogen-bond acceptors (Lipinski definition) is 7. The summed E-state index contributed by atoms with van der Waals surface area (Å²) in [5.41, 5.74) is -0.983. The maximum absolute atomic E-state index is 14.3. The van der Waals surface area contributed by atoms with Crippen molar-refractivity contribution in [1.29, 1.82) is 0 Å². The molecule has 0 unspecified atom stereocenters. The van der Waals surface area contributed by atoms with Crippen molar-refractivity contribution in [2.75, 3.05) is 10.6 Å². The molecule has 0 radical (unpaired) electrons. The SMILES string of the molecule is Cc1ccc(F)c(-c2nc(Nc3ccnc(C(F)(F)F)c3)nc(NC(C)(C)C)n2)n1. The van der Waals surface area contributed by atoms with E-state index in [0.29, 0.717) is 5.69 Å². The van der Waals surface area contributed by atoms with Crippen LogP contribution in [0.4, 0.5) is 35.1 Å². The van der Waals surface area contributed by atoms with Crippen LogP contribution in [0.15, 0.2) is 30.5 Å². The lowest BCUT2D eigenvalue weighted by Crippen LogP contribution is -2.27. The third kappa shape index (κ3) is 5.37. The first-order chi connectivity index (χ1) is 13.9. The number of anilines is 3. The average molecular weight is 421 g/mol. The molecule has 0 saturated heterocycles. The largest absolute Gasteiger partial charge is 0.433 e. The molecule has 0 fully saturated rings. The van der Waals surface area contributed by atoms with Crippen LogP contribution in [0.1, 0.15) is 32.2 Å². The van der Waals surface area contributed by atoms with Crippen molar-refractivity contribution in [3.63, 3.8) is 0 Å². The summed E-state index contributed by atoms with van der Waals surface area (Å²) < 4.78 is 53.1. The topological polar surface area (TPSA) is 88.5 Å². The predicted octanol–water partition coefficient (Wildman–Crippen LogP) is 4.75. The number of nitrogens with one attached hydrogen (secondary N) is 2. The van der Waals surface area contributed by atoms with Gasteiger partial charge in [0.1, 0.15) is 11.4 Å². The van der Waals surface area contributed by atoms with E-state index in [1.54, 1.807) is 6.92 Å². The Morgan fingerprint density at radius 2 is 1.60 bits per heavy atom. The Morgan fingerprint density at radius 1 is 0.900 bits per heavy atom. The number of halogens is 4. The van der Waals surface area contributed by atoms with Gasteiger partial charge in [-0.3, -0.25) is 4.98 Å². The van der Waals surface area contributed by atoms with Crippen LogP contribution in [0.5, 0.6) is 0 Å². The van der Waals surface area contributed by atoms with Crippen molar-refractivity contribution >= 4 is 17.6 Å². The lowest BCUT2D eigenvalue weighted by Gasteiger charge is -2.21. The molecule has 0 aliphatic rings. The third-order valence-corrected chi connectivity index (χ3v) is 3.63. The van der Waals surface area contributed by atoms with Gasteiger partial charge in [-0.15, -0.1) is 0 Å². The van der Waals surface area contributed by atoms with E-state index >= 15 is 0 Å². The van der Waals surface area contributed by atoms with Crippen LogP contribution in [0.3, 0.4) is 0 Å². The van der Waals surface area contributed by atoms with Gasteiger partial charge in [0.2, 0.25) is 11.9 Å². The molecule has 0 aromatic carbocycles. The summed E-state index contributed by atoms with van der Waals surface area (Å²) in [6, 6.07) is 4.90. The van der Waals surface area contributed by atoms with Gasteiger partial charge >= 0.3 is 6.18 Å². The summed E-state index contributed by atoms with van der Waals surface area (Å²) in [5.74, 6) is -0.662. The zero-order valence-corrected chi connectivity index (χ0v) is 16.6. The summed E-state index contributed by atoms with van der Waals surface area (Å²) in [6.45, 7) is 7.29. The fourth-order valence-corrected chi connectivity index (χ4v) is 2.42. The van der Waals surface area contributed by atoms with E-state index in [9.17, 15) is 17.6 Å². The number of aryl methyl sites for hydroxylation is 1. The molecule has 0 aliphatic carbocycles. The Morgan fingerprint density at radius 3 is 2.27 bits per heavy atom. The Hall–Kier alpha value is -3.37. The van der Waals surface area contributed by atoms with Crippen molar-refractivity contribution in [2.45, 2.75) is 39.4 Å². The van der Waals surface area contributed by atoms with Crippen molar-refractivity contribution in [2.24, 2.45) is 0 Å². The van der Waals surface area contributed by atoms with Gasteiger partial charge in [-0.05, 0) is 52.0 Å². The van der Waals surface area contributed by atoms with E-state index < -0.39 is 23.2 Å². The molecule has 3 heterocycles. The second-order valence-electron chi connectivity index (χ2n) is 7.52. The molecule has 0 amide bonds. The zero-order valence-electron chi connectivity index (χ0n) is 16.6. The van der Waals surface area contributed by atoms with Crippen LogP contribution in [-0.2, 0) is 6.18 Å². The summed E-state index contributed by atoms with van der Waals surface area (Å²) in [7, 11) is 0. The van der Waals surface area contributed by atoms with Gasteiger partial charge in [0.05, 0.1) is 0 Å². The minimum atomic E-state index is -4.60. The molecule has 7 nitrogen and oxygen atoms in total. The first-order valence-corrected chi connectivity index (χ1v) is 8.89. The van der Waals surface area contributed by atoms with E-state index in [-0.39, 0.29) is 29.1 Å². The third-order valence-electron chi connectivity index (χ3n) is 3.63. The summed E-state index contributed by atoms with van der Waals surface area (Å²) in [5, 5.41) is 5.74. The molecule has 3 aromatic heterocycles. The van der Waals surface area contributed by atoms with Crippen LogP contribution in [0.2, 0.25) is 0 Å². The lowest BCUT2D eigenvalue weighted by atomic mass is 10.1. The number of hydrogen-bond donors (Lipinski definition) is 2. The van der Waals surface area contributed by atoms with Crippen molar-refractivity contribution in [3.05, 3.63) is 47.7 Å². The van der Waals surface area contributed by atoms with Crippen LogP contribution in [0.25, 0.3) is 11.5 Å². The summed E-state index contributed by atoms with van der Waals surface area (Å²) >= 11 is 0. The molecular weight excluding hydrogens is 402 g/mol. The van der Waals surface area contributed by atoms with Gasteiger partial charge < -0.3 is 10.6 Å². The van der Waals surface area contributed by atoms with Gasteiger partial charge in [0, 0.05) is 23.1 Å². The van der Waals surface area contributed by atoms with Gasteiger partial charge in [-0.25, -0.2) is 9.37 Å². The first kappa shape index (κ1) is 21.3. The molecule has 0 spiro atoms. The van der Waals surface area contributed by atoms with Crippen molar-refractivity contribution < 1.29 is 17.6 Å². The number of alkyl halides is 3. The Bertz CT molecular complexity index is 1060. The average Bonchev–Trinajstić information content (AvgIpc) is 2.61. The van der Waals surface area contributed by atoms with Crippen molar-refractivity contribution in [3.8, 4) is 11.5 Å². The highest BCUT2D eigenvalue weighted by Crippen LogP contribution is 2.30. The highest BCUT2D eigenvalue weighted by Gasteiger charge is 2.32. The Kier molecular flexibility index (Phi) is 5.55. The molecule has 0 saturated carbocycles. The summed E-state index contributed by atoms with van der Waals surface area (Å²) in [4.78, 5) is 20.0. The second-order valence-corrected chi connectivity index (χ2v) is 7.52. The molecule has 0 bridgehead atoms. The predicted molar refractivity (Wildman–Crippen MR) is 104 cm³/mol. The maximum Gasteiger partial charge on any atom is 0.433 e. The number of rotatable bonds is 4. The number of aromatic nitrogens is 5. The lowest BCUT2D eigenvalue weighted by molar-refractivity contribution is -0.141. The van der Waals surface area contributed by atoms with E-state index in [0.717, 1.165) is 12.3 Å². The monoisotopic (exact) mass is 421 g/mol. The molecule has 30 heavy (non-hydrogen) atoms. The van der Waals surface area contributed by atoms with E-state index in [2.05, 4.69) is 35.6 Å². The molecule has 0 atom stereocenters. The smallest absolute Gasteiger partial charge is 0.349 e.